The zero-order chi connectivity index (χ0) is 15.4. The topological polar surface area (TPSA) is 68.5 Å². The van der Waals surface area contributed by atoms with E-state index in [2.05, 4.69) is 4.98 Å². The number of hydrogen-bond acceptors (Lipinski definition) is 4. The molecule has 0 saturated heterocycles. The molecule has 0 saturated carbocycles. The van der Waals surface area contributed by atoms with Crippen LogP contribution >= 0.6 is 0 Å². The number of carbonyl (C=O) groups excluding carboxylic acids is 1. The Hall–Kier alpha value is -2.63. The van der Waals surface area contributed by atoms with Gasteiger partial charge in [0.05, 0.1) is 18.9 Å². The molecule has 0 bridgehead atoms. The molecule has 21 heavy (non-hydrogen) atoms. The van der Waals surface area contributed by atoms with Crippen molar-refractivity contribution in [2.45, 2.75) is 6.54 Å². The Kier molecular flexibility index (Phi) is 4.37. The van der Waals surface area contributed by atoms with E-state index in [1.165, 1.54) is 4.90 Å². The number of hydrogen-bond donors (Lipinski definition) is 1. The second-order valence-electron chi connectivity index (χ2n) is 4.60. The van der Waals surface area contributed by atoms with Crippen molar-refractivity contribution in [2.24, 2.45) is 0 Å². The minimum absolute atomic E-state index is 0.0166. The molecule has 0 aliphatic rings. The summed E-state index contributed by atoms with van der Waals surface area (Å²) in [6.45, 7) is 0.374. The quantitative estimate of drug-likeness (QED) is 0.935. The Morgan fingerprint density at radius 3 is 2.67 bits per heavy atom. The van der Waals surface area contributed by atoms with Gasteiger partial charge in [-0.05, 0) is 23.8 Å². The van der Waals surface area contributed by atoms with Gasteiger partial charge in [0, 0.05) is 13.6 Å². The average Bonchev–Trinajstić information content (AvgIpc) is 2.49. The van der Waals surface area contributed by atoms with Crippen LogP contribution in [0.15, 0.2) is 36.5 Å². The Morgan fingerprint density at radius 1 is 1.38 bits per heavy atom. The Balaban J connectivity index is 2.13. The Labute approximate surface area is 122 Å². The molecular weight excluding hydrogens is 273 g/mol. The second kappa shape index (κ2) is 6.21. The van der Waals surface area contributed by atoms with Gasteiger partial charge in [-0.3, -0.25) is 4.79 Å². The molecule has 0 aliphatic carbocycles. The molecular formula is C15H16FN3O2. The number of pyridine rings is 1. The lowest BCUT2D eigenvalue weighted by Crippen LogP contribution is -2.27. The molecule has 0 fully saturated rings. The van der Waals surface area contributed by atoms with E-state index in [-0.39, 0.29) is 17.3 Å². The summed E-state index contributed by atoms with van der Waals surface area (Å²) in [7, 11) is 3.21. The van der Waals surface area contributed by atoms with Crippen LogP contribution in [0.5, 0.6) is 5.75 Å². The number of anilines is 1. The smallest absolute Gasteiger partial charge is 0.257 e. The maximum Gasteiger partial charge on any atom is 0.257 e. The van der Waals surface area contributed by atoms with E-state index >= 15 is 0 Å². The fourth-order valence-electron chi connectivity index (χ4n) is 1.90. The molecule has 110 valence electrons. The SMILES string of the molecule is COc1ccc(CN(C)C(=O)c2cc(F)cnc2N)cc1. The first-order chi connectivity index (χ1) is 10.0. The number of ether oxygens (including phenoxy) is 1. The molecule has 1 heterocycles. The highest BCUT2D eigenvalue weighted by molar-refractivity contribution is 5.98. The summed E-state index contributed by atoms with van der Waals surface area (Å²) in [6.07, 6.45) is 0.982. The van der Waals surface area contributed by atoms with Gasteiger partial charge in [0.1, 0.15) is 17.4 Å². The van der Waals surface area contributed by atoms with Crippen LogP contribution in [0.25, 0.3) is 0 Å². The number of nitrogens with two attached hydrogens (primary N) is 1. The van der Waals surface area contributed by atoms with Crippen LogP contribution in [0.1, 0.15) is 15.9 Å². The number of nitrogen functional groups attached to an aromatic ring is 1. The number of amides is 1. The van der Waals surface area contributed by atoms with Gasteiger partial charge in [-0.1, -0.05) is 12.1 Å². The highest BCUT2D eigenvalue weighted by atomic mass is 19.1. The van der Waals surface area contributed by atoms with Crippen molar-refractivity contribution in [3.63, 3.8) is 0 Å². The van der Waals surface area contributed by atoms with Crippen molar-refractivity contribution in [3.8, 4) is 5.75 Å². The first kappa shape index (κ1) is 14.8. The molecule has 2 aromatic rings. The maximum atomic E-state index is 13.2. The van der Waals surface area contributed by atoms with E-state index in [4.69, 9.17) is 10.5 Å². The summed E-state index contributed by atoms with van der Waals surface area (Å²) in [5.74, 6) is -0.213. The van der Waals surface area contributed by atoms with Crippen LogP contribution in [0.4, 0.5) is 10.2 Å². The zero-order valence-electron chi connectivity index (χ0n) is 11.8. The number of carbonyl (C=O) groups is 1. The molecule has 0 spiro atoms. The molecule has 0 atom stereocenters. The third-order valence-corrected chi connectivity index (χ3v) is 3.04. The number of methoxy groups -OCH3 is 1. The molecule has 0 aliphatic heterocycles. The molecule has 1 aromatic heterocycles. The summed E-state index contributed by atoms with van der Waals surface area (Å²) in [4.78, 5) is 17.4. The molecule has 5 nitrogen and oxygen atoms in total. The van der Waals surface area contributed by atoms with E-state index in [0.717, 1.165) is 23.6 Å². The lowest BCUT2D eigenvalue weighted by molar-refractivity contribution is 0.0785. The highest BCUT2D eigenvalue weighted by Gasteiger charge is 2.16. The Morgan fingerprint density at radius 2 is 2.05 bits per heavy atom. The number of nitrogens with zero attached hydrogens (tertiary/aromatic N) is 2. The predicted molar refractivity (Wildman–Crippen MR) is 77.4 cm³/mol. The summed E-state index contributed by atoms with van der Waals surface area (Å²) >= 11 is 0. The monoisotopic (exact) mass is 289 g/mol. The predicted octanol–water partition coefficient (Wildman–Crippen LogP) is 2.08. The second-order valence-corrected chi connectivity index (χ2v) is 4.60. The standard InChI is InChI=1S/C15H16FN3O2/c1-19(9-10-3-5-12(21-2)6-4-10)15(20)13-7-11(16)8-18-14(13)17/h3-8H,9H2,1-2H3,(H2,17,18). The normalized spacial score (nSPS) is 10.2. The van der Waals surface area contributed by atoms with Gasteiger partial charge < -0.3 is 15.4 Å². The summed E-state index contributed by atoms with van der Waals surface area (Å²) < 4.78 is 18.3. The van der Waals surface area contributed by atoms with Crippen LogP contribution < -0.4 is 10.5 Å². The molecule has 0 unspecified atom stereocenters. The molecule has 0 radical (unpaired) electrons. The van der Waals surface area contributed by atoms with Gasteiger partial charge in [0.25, 0.3) is 5.91 Å². The van der Waals surface area contributed by atoms with Crippen LogP contribution in [0.2, 0.25) is 0 Å². The number of rotatable bonds is 4. The number of aromatic nitrogens is 1. The maximum absolute atomic E-state index is 13.2. The fourth-order valence-corrected chi connectivity index (χ4v) is 1.90. The first-order valence-corrected chi connectivity index (χ1v) is 6.30. The van der Waals surface area contributed by atoms with Crippen molar-refractivity contribution in [3.05, 3.63) is 53.5 Å². The lowest BCUT2D eigenvalue weighted by atomic mass is 10.2. The summed E-state index contributed by atoms with van der Waals surface area (Å²) in [6, 6.07) is 8.43. The average molecular weight is 289 g/mol. The van der Waals surface area contributed by atoms with Gasteiger partial charge in [0.15, 0.2) is 0 Å². The summed E-state index contributed by atoms with van der Waals surface area (Å²) in [5, 5.41) is 0. The van der Waals surface area contributed by atoms with Crippen molar-refractivity contribution < 1.29 is 13.9 Å². The van der Waals surface area contributed by atoms with Gasteiger partial charge in [-0.25, -0.2) is 9.37 Å². The van der Waals surface area contributed by atoms with Gasteiger partial charge in [-0.15, -0.1) is 0 Å². The van der Waals surface area contributed by atoms with Gasteiger partial charge in [0.2, 0.25) is 0 Å². The van der Waals surface area contributed by atoms with Crippen molar-refractivity contribution in [1.82, 2.24) is 9.88 Å². The third kappa shape index (κ3) is 3.47. The molecule has 1 aromatic carbocycles. The molecule has 2 N–H and O–H groups in total. The third-order valence-electron chi connectivity index (χ3n) is 3.04. The first-order valence-electron chi connectivity index (χ1n) is 6.30. The minimum Gasteiger partial charge on any atom is -0.497 e. The molecule has 2 rings (SSSR count). The van der Waals surface area contributed by atoms with Gasteiger partial charge >= 0.3 is 0 Å². The van der Waals surface area contributed by atoms with Crippen LogP contribution in [-0.2, 0) is 6.54 Å². The van der Waals surface area contributed by atoms with Crippen molar-refractivity contribution >= 4 is 11.7 Å². The molecule has 1 amide bonds. The summed E-state index contributed by atoms with van der Waals surface area (Å²) in [5.41, 5.74) is 6.60. The van der Waals surface area contributed by atoms with E-state index in [1.54, 1.807) is 14.2 Å². The molecule has 6 heteroatoms. The number of halogens is 1. The van der Waals surface area contributed by atoms with Gasteiger partial charge in [-0.2, -0.15) is 0 Å². The number of benzene rings is 1. The minimum atomic E-state index is -0.592. The van der Waals surface area contributed by atoms with Crippen LogP contribution in [0, 0.1) is 5.82 Å². The highest BCUT2D eigenvalue weighted by Crippen LogP contribution is 2.16. The van der Waals surface area contributed by atoms with Crippen molar-refractivity contribution in [1.29, 1.82) is 0 Å². The van der Waals surface area contributed by atoms with E-state index in [9.17, 15) is 9.18 Å². The van der Waals surface area contributed by atoms with E-state index in [0.29, 0.717) is 6.54 Å². The zero-order valence-corrected chi connectivity index (χ0v) is 11.8. The van der Waals surface area contributed by atoms with E-state index in [1.807, 2.05) is 24.3 Å². The van der Waals surface area contributed by atoms with Crippen molar-refractivity contribution in [2.75, 3.05) is 19.9 Å². The Bertz CT molecular complexity index is 644. The van der Waals surface area contributed by atoms with Crippen LogP contribution in [0.3, 0.4) is 0 Å². The van der Waals surface area contributed by atoms with Crippen LogP contribution in [-0.4, -0.2) is 29.9 Å². The fraction of sp³-hybridized carbons (Fsp3) is 0.200. The van der Waals surface area contributed by atoms with E-state index < -0.39 is 5.82 Å². The lowest BCUT2D eigenvalue weighted by Gasteiger charge is -2.18. The largest absolute Gasteiger partial charge is 0.497 e.